The van der Waals surface area contributed by atoms with Gasteiger partial charge >= 0.3 is 12.1 Å². The zero-order valence-electron chi connectivity index (χ0n) is 13.4. The van der Waals surface area contributed by atoms with Gasteiger partial charge in [-0.3, -0.25) is 9.74 Å². The molecule has 0 aliphatic carbocycles. The molecule has 7 nitrogen and oxygen atoms in total. The number of aliphatic hydroxyl groups is 1. The molecule has 0 amide bonds. The lowest BCUT2D eigenvalue weighted by molar-refractivity contribution is -0.255. The molecule has 0 bridgehead atoms. The Labute approximate surface area is 145 Å². The zero-order valence-corrected chi connectivity index (χ0v) is 14.2. The Morgan fingerprint density at radius 3 is 2.84 bits per heavy atom. The number of alkyl halides is 3. The number of thiophene rings is 1. The predicted molar refractivity (Wildman–Crippen MR) is 82.0 cm³/mol. The minimum Gasteiger partial charge on any atom is -0.363 e. The summed E-state index contributed by atoms with van der Waals surface area (Å²) in [6, 6.07) is 3.40. The molecule has 1 fully saturated rings. The molecule has 0 spiro atoms. The van der Waals surface area contributed by atoms with E-state index in [1.54, 1.807) is 17.0 Å². The summed E-state index contributed by atoms with van der Waals surface area (Å²) in [6.45, 7) is 4.14. The minimum atomic E-state index is -4.66. The van der Waals surface area contributed by atoms with Gasteiger partial charge < -0.3 is 9.63 Å². The van der Waals surface area contributed by atoms with Gasteiger partial charge in [-0.2, -0.15) is 18.2 Å². The fraction of sp³-hybridized carbons (Fsp3) is 0.571. The van der Waals surface area contributed by atoms with Crippen LogP contribution in [0, 0.1) is 0 Å². The molecule has 1 atom stereocenters. The van der Waals surface area contributed by atoms with E-state index in [1.165, 1.54) is 16.4 Å². The van der Waals surface area contributed by atoms with Gasteiger partial charge in [0.25, 0.3) is 0 Å². The second kappa shape index (κ2) is 7.38. The number of aromatic nitrogens is 2. The molecule has 2 aromatic rings. The summed E-state index contributed by atoms with van der Waals surface area (Å²) in [5, 5.41) is 15.3. The number of hydrogen-bond acceptors (Lipinski definition) is 8. The first-order chi connectivity index (χ1) is 11.9. The first kappa shape index (κ1) is 18.3. The van der Waals surface area contributed by atoms with Crippen LogP contribution >= 0.6 is 11.3 Å². The third kappa shape index (κ3) is 4.18. The summed E-state index contributed by atoms with van der Waals surface area (Å²) in [6.07, 6.45) is -4.68. The van der Waals surface area contributed by atoms with Gasteiger partial charge in [0.05, 0.1) is 11.5 Å². The molecule has 11 heteroatoms. The van der Waals surface area contributed by atoms with Crippen LogP contribution in [0.15, 0.2) is 16.7 Å². The smallest absolute Gasteiger partial charge is 0.363 e. The molecule has 138 valence electrons. The number of halogens is 3. The van der Waals surface area contributed by atoms with Crippen molar-refractivity contribution in [2.45, 2.75) is 32.4 Å². The molecular formula is C14H17F3N4O3S. The normalized spacial score (nSPS) is 17.5. The molecule has 25 heavy (non-hydrogen) atoms. The van der Waals surface area contributed by atoms with E-state index < -0.39 is 18.4 Å². The van der Waals surface area contributed by atoms with Crippen LogP contribution in [0.1, 0.15) is 24.1 Å². The molecule has 2 aromatic heterocycles. The van der Waals surface area contributed by atoms with Crippen molar-refractivity contribution >= 4 is 11.3 Å². The summed E-state index contributed by atoms with van der Waals surface area (Å²) in [5.74, 6) is -1.47. The highest BCUT2D eigenvalue weighted by Crippen LogP contribution is 2.32. The van der Waals surface area contributed by atoms with Gasteiger partial charge in [-0.05, 0) is 25.1 Å². The Kier molecular flexibility index (Phi) is 5.39. The van der Waals surface area contributed by atoms with Gasteiger partial charge in [0.1, 0.15) is 0 Å². The van der Waals surface area contributed by atoms with E-state index in [-0.39, 0.29) is 5.82 Å². The highest BCUT2D eigenvalue weighted by atomic mass is 32.1. The summed E-state index contributed by atoms with van der Waals surface area (Å²) in [4.78, 5) is 11.8. The average molecular weight is 378 g/mol. The fourth-order valence-corrected chi connectivity index (χ4v) is 3.37. The first-order valence-corrected chi connectivity index (χ1v) is 8.52. The Morgan fingerprint density at radius 2 is 2.24 bits per heavy atom. The molecular weight excluding hydrogens is 361 g/mol. The summed E-state index contributed by atoms with van der Waals surface area (Å²) in [7, 11) is 0. The third-order valence-corrected chi connectivity index (χ3v) is 4.75. The number of nitrogens with zero attached hydrogens (tertiary/aromatic N) is 4. The van der Waals surface area contributed by atoms with Crippen molar-refractivity contribution in [2.24, 2.45) is 0 Å². The second-order valence-corrected chi connectivity index (χ2v) is 6.59. The van der Waals surface area contributed by atoms with Gasteiger partial charge in [0, 0.05) is 18.0 Å². The molecule has 0 radical (unpaired) electrons. The summed E-state index contributed by atoms with van der Waals surface area (Å²) < 4.78 is 41.8. The third-order valence-electron chi connectivity index (χ3n) is 3.68. The van der Waals surface area contributed by atoms with Crippen molar-refractivity contribution in [1.82, 2.24) is 20.1 Å². The molecule has 3 heterocycles. The van der Waals surface area contributed by atoms with Gasteiger partial charge in [-0.1, -0.05) is 12.1 Å². The van der Waals surface area contributed by atoms with Crippen LogP contribution in [0.2, 0.25) is 0 Å². The number of rotatable bonds is 6. The van der Waals surface area contributed by atoms with E-state index in [9.17, 15) is 18.3 Å². The minimum absolute atomic E-state index is 0.102. The van der Waals surface area contributed by atoms with E-state index in [1.807, 2.05) is 6.92 Å². The Morgan fingerprint density at radius 1 is 1.44 bits per heavy atom. The van der Waals surface area contributed by atoms with Crippen LogP contribution in [0.3, 0.4) is 0 Å². The highest BCUT2D eigenvalue weighted by molar-refractivity contribution is 7.15. The second-order valence-electron chi connectivity index (χ2n) is 5.42. The lowest BCUT2D eigenvalue weighted by Crippen LogP contribution is -2.46. The largest absolute Gasteiger partial charge is 0.471 e. The van der Waals surface area contributed by atoms with Crippen molar-refractivity contribution < 1.29 is 27.6 Å². The Bertz CT molecular complexity index is 700. The molecule has 1 saturated heterocycles. The predicted octanol–water partition coefficient (Wildman–Crippen LogP) is 2.55. The average Bonchev–Trinajstić information content (AvgIpc) is 3.32. The first-order valence-electron chi connectivity index (χ1n) is 7.70. The lowest BCUT2D eigenvalue weighted by atomic mass is 10.4. The SMILES string of the molecule is CCN(Cc1ccc(-c2noc(C(F)(F)F)n2)s1)C(O)N1CCCO1. The molecule has 0 aromatic carbocycles. The molecule has 1 aliphatic heterocycles. The Hall–Kier alpha value is -1.53. The van der Waals surface area contributed by atoms with Crippen molar-refractivity contribution in [3.63, 3.8) is 0 Å². The standard InChI is InChI=1S/C14H17F3N4O3S/c1-2-20(13(22)21-6-3-7-23-21)8-9-4-5-10(25-9)11-18-12(24-19-11)14(15,16)17/h4-5,13,22H,2-3,6-8H2,1H3. The number of aliphatic hydroxyl groups excluding tert-OH is 1. The van der Waals surface area contributed by atoms with E-state index >= 15 is 0 Å². The monoisotopic (exact) mass is 378 g/mol. The van der Waals surface area contributed by atoms with Crippen molar-refractivity contribution in [3.8, 4) is 10.7 Å². The van der Waals surface area contributed by atoms with Gasteiger partial charge in [0.2, 0.25) is 5.82 Å². The Balaban J connectivity index is 1.69. The van der Waals surface area contributed by atoms with E-state index in [4.69, 9.17) is 4.84 Å². The molecule has 3 rings (SSSR count). The van der Waals surface area contributed by atoms with Crippen LogP contribution < -0.4 is 0 Å². The van der Waals surface area contributed by atoms with Crippen LogP contribution in [-0.2, 0) is 17.6 Å². The highest BCUT2D eigenvalue weighted by Gasteiger charge is 2.38. The van der Waals surface area contributed by atoms with Crippen LogP contribution in [0.4, 0.5) is 13.2 Å². The van der Waals surface area contributed by atoms with Crippen LogP contribution in [0.25, 0.3) is 10.7 Å². The van der Waals surface area contributed by atoms with E-state index in [2.05, 4.69) is 14.7 Å². The maximum atomic E-state index is 12.5. The van der Waals surface area contributed by atoms with E-state index in [0.29, 0.717) is 31.1 Å². The lowest BCUT2D eigenvalue weighted by Gasteiger charge is -2.31. The summed E-state index contributed by atoms with van der Waals surface area (Å²) >= 11 is 1.25. The van der Waals surface area contributed by atoms with Crippen molar-refractivity contribution in [3.05, 3.63) is 22.9 Å². The molecule has 1 N–H and O–H groups in total. The van der Waals surface area contributed by atoms with Crippen molar-refractivity contribution in [2.75, 3.05) is 19.7 Å². The number of hydrogen-bond donors (Lipinski definition) is 1. The van der Waals surface area contributed by atoms with Crippen molar-refractivity contribution in [1.29, 1.82) is 0 Å². The maximum absolute atomic E-state index is 12.5. The topological polar surface area (TPSA) is 74.9 Å². The van der Waals surface area contributed by atoms with Gasteiger partial charge in [0.15, 0.2) is 6.35 Å². The van der Waals surface area contributed by atoms with Gasteiger partial charge in [-0.15, -0.1) is 16.4 Å². The molecule has 1 unspecified atom stereocenters. The van der Waals surface area contributed by atoms with Crippen LogP contribution in [0.5, 0.6) is 0 Å². The molecule has 1 aliphatic rings. The molecule has 0 saturated carbocycles. The van der Waals surface area contributed by atoms with Crippen LogP contribution in [-0.4, -0.2) is 51.3 Å². The van der Waals surface area contributed by atoms with Gasteiger partial charge in [-0.25, -0.2) is 0 Å². The summed E-state index contributed by atoms with van der Waals surface area (Å²) in [5.41, 5.74) is 0. The fourth-order valence-electron chi connectivity index (χ4n) is 2.41. The maximum Gasteiger partial charge on any atom is 0.471 e. The number of hydroxylamine groups is 2. The van der Waals surface area contributed by atoms with E-state index in [0.717, 1.165) is 11.3 Å². The quantitative estimate of drug-likeness (QED) is 0.775. The zero-order chi connectivity index (χ0) is 18.0.